The first-order valence-electron chi connectivity index (χ1n) is 7.07. The maximum absolute atomic E-state index is 12.5. The van der Waals surface area contributed by atoms with Gasteiger partial charge in [0.2, 0.25) is 5.91 Å². The van der Waals surface area contributed by atoms with Crippen molar-refractivity contribution in [1.82, 2.24) is 19.8 Å². The number of likely N-dealkylation sites (tertiary alicyclic amines) is 2. The third-order valence-corrected chi connectivity index (χ3v) is 4.19. The number of hydrogen-bond donors (Lipinski definition) is 0. The van der Waals surface area contributed by atoms with E-state index in [-0.39, 0.29) is 23.9 Å². The number of amides is 2. The molecule has 3 heterocycles. The number of nitrogens with zero attached hydrogens (tertiary/aromatic N) is 4. The van der Waals surface area contributed by atoms with Crippen molar-refractivity contribution < 1.29 is 14.3 Å². The Morgan fingerprint density at radius 1 is 1.43 bits per heavy atom. The van der Waals surface area contributed by atoms with Crippen molar-refractivity contribution in [2.75, 3.05) is 26.8 Å². The zero-order valence-corrected chi connectivity index (χ0v) is 11.9. The van der Waals surface area contributed by atoms with E-state index in [0.717, 1.165) is 6.42 Å². The van der Waals surface area contributed by atoms with Gasteiger partial charge in [-0.05, 0) is 6.42 Å². The highest BCUT2D eigenvalue weighted by Crippen LogP contribution is 2.32. The van der Waals surface area contributed by atoms with Crippen LogP contribution in [0.15, 0.2) is 18.6 Å². The van der Waals surface area contributed by atoms with Crippen LogP contribution in [0.2, 0.25) is 0 Å². The molecular weight excluding hydrogens is 272 g/mol. The van der Waals surface area contributed by atoms with E-state index in [1.54, 1.807) is 12.0 Å². The topological polar surface area (TPSA) is 75.6 Å². The van der Waals surface area contributed by atoms with Crippen LogP contribution in [-0.2, 0) is 9.53 Å². The molecule has 0 radical (unpaired) electrons. The molecule has 1 aromatic rings. The number of hydrogen-bond acceptors (Lipinski definition) is 5. The molecule has 2 aliphatic heterocycles. The van der Waals surface area contributed by atoms with E-state index in [9.17, 15) is 9.59 Å². The number of aromatic nitrogens is 2. The van der Waals surface area contributed by atoms with Crippen molar-refractivity contribution in [2.45, 2.75) is 24.9 Å². The standard InChI is InChI=1S/C14H18N4O3/c1-21-7-6-17-11-2-5-18(12(11)8-13(17)19)14(20)10-9-15-3-4-16-10/h3-4,9,11-12H,2,5-8H2,1H3/t11-,12-/m1/s1. The third kappa shape index (κ3) is 2.49. The molecule has 0 aliphatic carbocycles. The summed E-state index contributed by atoms with van der Waals surface area (Å²) < 4.78 is 5.05. The summed E-state index contributed by atoms with van der Waals surface area (Å²) >= 11 is 0. The molecule has 0 aromatic carbocycles. The maximum atomic E-state index is 12.5. The molecule has 0 bridgehead atoms. The lowest BCUT2D eigenvalue weighted by Crippen LogP contribution is -2.41. The lowest BCUT2D eigenvalue weighted by atomic mass is 10.1. The number of rotatable bonds is 4. The van der Waals surface area contributed by atoms with Gasteiger partial charge in [-0.25, -0.2) is 4.98 Å². The molecule has 2 saturated heterocycles. The Balaban J connectivity index is 1.74. The van der Waals surface area contributed by atoms with E-state index in [4.69, 9.17) is 4.74 Å². The lowest BCUT2D eigenvalue weighted by Gasteiger charge is -2.25. The number of carbonyl (C=O) groups excluding carboxylic acids is 2. The summed E-state index contributed by atoms with van der Waals surface area (Å²) in [6, 6.07) is 0.0529. The average Bonchev–Trinajstić information content (AvgIpc) is 3.04. The predicted octanol–water partition coefficient (Wildman–Crippen LogP) is -0.0616. The van der Waals surface area contributed by atoms with Crippen LogP contribution in [0.25, 0.3) is 0 Å². The molecule has 2 fully saturated rings. The van der Waals surface area contributed by atoms with Crippen molar-refractivity contribution in [3.8, 4) is 0 Å². The monoisotopic (exact) mass is 290 g/mol. The second-order valence-corrected chi connectivity index (χ2v) is 5.30. The Morgan fingerprint density at radius 2 is 2.29 bits per heavy atom. The van der Waals surface area contributed by atoms with Crippen LogP contribution in [0, 0.1) is 0 Å². The van der Waals surface area contributed by atoms with Gasteiger partial charge in [-0.15, -0.1) is 0 Å². The zero-order chi connectivity index (χ0) is 14.8. The van der Waals surface area contributed by atoms with E-state index >= 15 is 0 Å². The molecule has 21 heavy (non-hydrogen) atoms. The molecule has 7 nitrogen and oxygen atoms in total. The van der Waals surface area contributed by atoms with Crippen LogP contribution < -0.4 is 0 Å². The van der Waals surface area contributed by atoms with Gasteiger partial charge in [-0.2, -0.15) is 0 Å². The van der Waals surface area contributed by atoms with Gasteiger partial charge in [-0.3, -0.25) is 14.6 Å². The Labute approximate surface area is 122 Å². The van der Waals surface area contributed by atoms with Crippen molar-refractivity contribution in [3.63, 3.8) is 0 Å². The summed E-state index contributed by atoms with van der Waals surface area (Å²) in [5.41, 5.74) is 0.334. The molecule has 112 valence electrons. The first-order valence-corrected chi connectivity index (χ1v) is 7.07. The predicted molar refractivity (Wildman–Crippen MR) is 73.5 cm³/mol. The fourth-order valence-corrected chi connectivity index (χ4v) is 3.22. The molecule has 0 saturated carbocycles. The third-order valence-electron chi connectivity index (χ3n) is 4.19. The van der Waals surface area contributed by atoms with Crippen LogP contribution in [0.1, 0.15) is 23.3 Å². The summed E-state index contributed by atoms with van der Waals surface area (Å²) in [4.78, 5) is 36.2. The molecule has 2 atom stereocenters. The minimum absolute atomic E-state index is 0.0520. The normalized spacial score (nSPS) is 24.5. The Hall–Kier alpha value is -2.02. The van der Waals surface area contributed by atoms with Crippen LogP contribution >= 0.6 is 0 Å². The molecule has 7 heteroatoms. The molecule has 1 aromatic heterocycles. The van der Waals surface area contributed by atoms with Gasteiger partial charge in [0.25, 0.3) is 5.91 Å². The van der Waals surface area contributed by atoms with E-state index in [1.807, 2.05) is 4.90 Å². The number of carbonyl (C=O) groups is 2. The van der Waals surface area contributed by atoms with Crippen molar-refractivity contribution in [3.05, 3.63) is 24.3 Å². The van der Waals surface area contributed by atoms with Gasteiger partial charge in [0.05, 0.1) is 24.9 Å². The molecule has 0 unspecified atom stereocenters. The average molecular weight is 290 g/mol. The van der Waals surface area contributed by atoms with E-state index in [0.29, 0.717) is 31.8 Å². The van der Waals surface area contributed by atoms with Crippen LogP contribution in [-0.4, -0.2) is 70.5 Å². The summed E-state index contributed by atoms with van der Waals surface area (Å²) in [7, 11) is 1.62. The summed E-state index contributed by atoms with van der Waals surface area (Å²) in [5.74, 6) is -0.0457. The van der Waals surface area contributed by atoms with Crippen LogP contribution in [0.4, 0.5) is 0 Å². The second kappa shape index (κ2) is 5.77. The van der Waals surface area contributed by atoms with Crippen molar-refractivity contribution in [1.29, 1.82) is 0 Å². The minimum Gasteiger partial charge on any atom is -0.383 e. The molecule has 2 aliphatic rings. The fourth-order valence-electron chi connectivity index (χ4n) is 3.22. The maximum Gasteiger partial charge on any atom is 0.274 e. The highest BCUT2D eigenvalue weighted by molar-refractivity contribution is 5.93. The highest BCUT2D eigenvalue weighted by Gasteiger charge is 2.48. The molecule has 0 spiro atoms. The van der Waals surface area contributed by atoms with Crippen LogP contribution in [0.3, 0.4) is 0 Å². The van der Waals surface area contributed by atoms with E-state index in [2.05, 4.69) is 9.97 Å². The lowest BCUT2D eigenvalue weighted by molar-refractivity contribution is -0.129. The molecule has 0 N–H and O–H groups in total. The van der Waals surface area contributed by atoms with Gasteiger partial charge < -0.3 is 14.5 Å². The number of ether oxygens (including phenoxy) is 1. The van der Waals surface area contributed by atoms with Gasteiger partial charge in [0.15, 0.2) is 0 Å². The van der Waals surface area contributed by atoms with Gasteiger partial charge in [0.1, 0.15) is 5.69 Å². The molecule has 2 amide bonds. The smallest absolute Gasteiger partial charge is 0.274 e. The Kier molecular flexibility index (Phi) is 3.83. The van der Waals surface area contributed by atoms with Crippen molar-refractivity contribution in [2.24, 2.45) is 0 Å². The quantitative estimate of drug-likeness (QED) is 0.776. The Morgan fingerprint density at radius 3 is 3.00 bits per heavy atom. The van der Waals surface area contributed by atoms with Gasteiger partial charge >= 0.3 is 0 Å². The van der Waals surface area contributed by atoms with Gasteiger partial charge in [0, 0.05) is 39.0 Å². The fraction of sp³-hybridized carbons (Fsp3) is 0.571. The summed E-state index contributed by atoms with van der Waals surface area (Å²) in [6.07, 6.45) is 5.71. The second-order valence-electron chi connectivity index (χ2n) is 5.30. The minimum atomic E-state index is -0.142. The van der Waals surface area contributed by atoms with Crippen LogP contribution in [0.5, 0.6) is 0 Å². The summed E-state index contributed by atoms with van der Waals surface area (Å²) in [6.45, 7) is 1.76. The number of methoxy groups -OCH3 is 1. The molecule has 3 rings (SSSR count). The molecular formula is C14H18N4O3. The zero-order valence-electron chi connectivity index (χ0n) is 11.9. The van der Waals surface area contributed by atoms with Crippen molar-refractivity contribution >= 4 is 11.8 Å². The van der Waals surface area contributed by atoms with Gasteiger partial charge in [-0.1, -0.05) is 0 Å². The SMILES string of the molecule is COCCN1C(=O)C[C@@H]2[C@H]1CCN2C(=O)c1cnccn1. The first kappa shape index (κ1) is 13.9. The van der Waals surface area contributed by atoms with E-state index in [1.165, 1.54) is 18.6 Å². The largest absolute Gasteiger partial charge is 0.383 e. The number of fused-ring (bicyclic) bond motifs is 1. The Bertz CT molecular complexity index is 536. The first-order chi connectivity index (χ1) is 10.2. The summed E-state index contributed by atoms with van der Waals surface area (Å²) in [5, 5.41) is 0. The highest BCUT2D eigenvalue weighted by atomic mass is 16.5. The van der Waals surface area contributed by atoms with E-state index < -0.39 is 0 Å².